The number of methoxy groups -OCH3 is 2. The molecule has 0 aliphatic carbocycles. The lowest BCUT2D eigenvalue weighted by Gasteiger charge is -2.41. The molecular weight excluding hydrogens is 1560 g/mol. The van der Waals surface area contributed by atoms with Crippen molar-refractivity contribution in [3.63, 3.8) is 0 Å². The van der Waals surface area contributed by atoms with Gasteiger partial charge >= 0.3 is 30.2 Å². The van der Waals surface area contributed by atoms with Gasteiger partial charge in [-0.1, -0.05) is 99.1 Å². The van der Waals surface area contributed by atoms with Crippen LogP contribution < -0.4 is 37.2 Å². The van der Waals surface area contributed by atoms with Crippen molar-refractivity contribution in [2.45, 2.75) is 266 Å². The van der Waals surface area contributed by atoms with Crippen LogP contribution in [-0.4, -0.2) is 294 Å². The van der Waals surface area contributed by atoms with E-state index in [-0.39, 0.29) is 146 Å². The molecule has 0 saturated carbocycles. The van der Waals surface area contributed by atoms with Crippen molar-refractivity contribution in [3.8, 4) is 0 Å². The van der Waals surface area contributed by atoms with Crippen molar-refractivity contribution in [1.82, 2.24) is 56.8 Å². The molecular formula is C83H140F3N11O22. The number of halogens is 3. The Morgan fingerprint density at radius 1 is 0.597 bits per heavy atom. The zero-order chi connectivity index (χ0) is 90.5. The molecule has 36 heteroatoms. The molecule has 8 N–H and O–H groups in total. The van der Waals surface area contributed by atoms with E-state index in [1.165, 1.54) is 19.1 Å². The summed E-state index contributed by atoms with van der Waals surface area (Å²) in [7, 11) is 8.38. The largest absolute Gasteiger partial charge is 0.490 e. The van der Waals surface area contributed by atoms with E-state index in [4.69, 9.17) is 47.8 Å². The molecule has 0 radical (unpaired) electrons. The van der Waals surface area contributed by atoms with Gasteiger partial charge in [0.1, 0.15) is 41.4 Å². The average Bonchev–Trinajstić information content (AvgIpc) is 1.80. The van der Waals surface area contributed by atoms with Crippen LogP contribution in [0.15, 0.2) is 30.3 Å². The molecule has 680 valence electrons. The number of likely N-dealkylation sites (N-methyl/N-ethyl adjacent to an activating group) is 2. The molecule has 3 rings (SSSR count). The molecule has 2 heterocycles. The van der Waals surface area contributed by atoms with Crippen molar-refractivity contribution < 1.29 is 119 Å². The lowest BCUT2D eigenvalue weighted by molar-refractivity contribution is -0.192. The van der Waals surface area contributed by atoms with Crippen LogP contribution in [0.1, 0.15) is 187 Å². The van der Waals surface area contributed by atoms with Gasteiger partial charge in [0.15, 0.2) is 0 Å². The maximum Gasteiger partial charge on any atom is 0.490 e. The lowest BCUT2D eigenvalue weighted by atomic mass is 9.89. The number of hydrogen-bond donors (Lipinski definition) is 8. The molecule has 33 nitrogen and oxygen atoms in total. The van der Waals surface area contributed by atoms with E-state index in [0.29, 0.717) is 32.2 Å². The Morgan fingerprint density at radius 2 is 1.16 bits per heavy atom. The summed E-state index contributed by atoms with van der Waals surface area (Å²) in [5.74, 6) is -9.79. The van der Waals surface area contributed by atoms with Gasteiger partial charge in [0.25, 0.3) is 0 Å². The quantitative estimate of drug-likeness (QED) is 0.0214. The molecule has 2 aliphatic rings. The van der Waals surface area contributed by atoms with E-state index in [0.717, 1.165) is 5.56 Å². The van der Waals surface area contributed by atoms with E-state index in [1.54, 1.807) is 93.0 Å². The van der Waals surface area contributed by atoms with Crippen molar-refractivity contribution in [3.05, 3.63) is 35.9 Å². The Morgan fingerprint density at radius 3 is 1.70 bits per heavy atom. The minimum absolute atomic E-state index is 0.0111. The number of hydrogen-bond acceptors (Lipinski definition) is 22. The summed E-state index contributed by atoms with van der Waals surface area (Å²) in [4.78, 5) is 181. The SMILES string of the molecule is CC[C@H](C)[C@@H]([C@@H](CC(=O)N1CCC[C@H]1[C@H](OC)[C@@H](C)C(=O)N[C@@H](Cc1ccccc1)C(=O)NCCCOC(=O)C(C)(C)CCNC(=O)[C@@H](NC(=O)[C@@H]1CCCN1C(=O)[C@H](CC(=O)OC(C)(C)C)NC(=O)CCOCCOCCOCCNC(=O)OC(C)(C)C)C(C)C)OC)N(C)C(=O)[C@@H](NC(=O)[C@H](C(C)C)N(C)C)C(C)C.O=C(O)C(F)(F)F. The van der Waals surface area contributed by atoms with Gasteiger partial charge < -0.3 is 94.9 Å². The van der Waals surface area contributed by atoms with Gasteiger partial charge in [-0.3, -0.25) is 57.6 Å². The molecule has 12 atom stereocenters. The Hall–Kier alpha value is -8.32. The minimum atomic E-state index is -5.08. The van der Waals surface area contributed by atoms with Gasteiger partial charge in [-0.2, -0.15) is 13.2 Å². The van der Waals surface area contributed by atoms with E-state index in [9.17, 15) is 70.7 Å². The average molecular weight is 1700 g/mol. The number of alkyl halides is 3. The van der Waals surface area contributed by atoms with E-state index >= 15 is 0 Å². The monoisotopic (exact) mass is 1700 g/mol. The molecule has 0 spiro atoms. The molecule has 1 aromatic carbocycles. The highest BCUT2D eigenvalue weighted by molar-refractivity contribution is 5.96. The van der Waals surface area contributed by atoms with Gasteiger partial charge in [-0.05, 0) is 137 Å². The molecule has 0 unspecified atom stereocenters. The summed E-state index contributed by atoms with van der Waals surface area (Å²) in [6, 6.07) is 2.35. The predicted octanol–water partition coefficient (Wildman–Crippen LogP) is 5.89. The summed E-state index contributed by atoms with van der Waals surface area (Å²) >= 11 is 0. The predicted molar refractivity (Wildman–Crippen MR) is 436 cm³/mol. The van der Waals surface area contributed by atoms with Crippen LogP contribution in [0.25, 0.3) is 0 Å². The molecule has 2 saturated heterocycles. The first kappa shape index (κ1) is 107. The number of nitrogens with one attached hydrogen (secondary N) is 7. The normalized spacial score (nSPS) is 17.1. The third kappa shape index (κ3) is 38.5. The topological polar surface area (TPSA) is 413 Å². The fourth-order valence-electron chi connectivity index (χ4n) is 13.8. The molecule has 2 fully saturated rings. The molecule has 1 aromatic rings. The number of esters is 2. The number of ether oxygens (including phenoxy) is 8. The molecule has 0 aromatic heterocycles. The summed E-state index contributed by atoms with van der Waals surface area (Å²) in [5.41, 5.74) is -1.82. The highest BCUT2D eigenvalue weighted by Crippen LogP contribution is 2.31. The summed E-state index contributed by atoms with van der Waals surface area (Å²) in [5, 5.41) is 26.9. The Labute approximate surface area is 701 Å². The van der Waals surface area contributed by atoms with Crippen molar-refractivity contribution in [2.75, 3.05) is 114 Å². The number of carboxylic acid groups (broad SMARTS) is 1. The second kappa shape index (κ2) is 52.1. The third-order valence-corrected chi connectivity index (χ3v) is 20.2. The summed E-state index contributed by atoms with van der Waals surface area (Å²) < 4.78 is 76.8. The van der Waals surface area contributed by atoms with Crippen LogP contribution >= 0.6 is 0 Å². The highest BCUT2D eigenvalue weighted by atomic mass is 19.4. The first-order valence-corrected chi connectivity index (χ1v) is 41.2. The van der Waals surface area contributed by atoms with Crippen molar-refractivity contribution in [2.24, 2.45) is 35.0 Å². The number of amides is 10. The lowest BCUT2D eigenvalue weighted by Crippen LogP contribution is -2.59. The molecule has 10 amide bonds. The second-order valence-electron chi connectivity index (χ2n) is 34.1. The van der Waals surface area contributed by atoms with Crippen LogP contribution in [0.5, 0.6) is 0 Å². The standard InChI is InChI=1S/C81H139N11O20.C2HF3O2/c1-23-54(8)68(90(20)76(102)66(52(4)5)88-74(100)67(53(6)7)89(18)19)61(105-21)50-63(94)91-39-27-32-59(91)69(106-22)55(9)70(96)86-57(48-56-30-25-24-26-31-56)71(97)82-36-29-41-110-77(103)81(16,17)35-37-83-73(99)65(51(2)3)87-72(98)60-33-28-40-92(60)75(101)58(49-64(95)111-79(10,11)12)85-62(93)34-42-107-44-46-109-47-45-108-43-38-84-78(104)112-80(13,14)15;3-2(4,5)1(6)7/h24-26,30-31,51-55,57-61,65-69H,23,27-29,32-50H2,1-22H3,(H,82,97)(H,83,99)(H,84,104)(H,85,93)(H,86,96)(H,87,98)(H,88,100);(H,6,7)/t54-,55+,57-,58-,59-,60-,61+,65-,66-,67-,68-,69+;/m0./s1. The number of carbonyl (C=O) groups is 13. The smallest absolute Gasteiger partial charge is 0.475 e. The van der Waals surface area contributed by atoms with Crippen molar-refractivity contribution >= 4 is 77.2 Å². The van der Waals surface area contributed by atoms with Crippen molar-refractivity contribution in [1.29, 1.82) is 0 Å². The molecule has 119 heavy (non-hydrogen) atoms. The third-order valence-electron chi connectivity index (χ3n) is 20.2. The number of carboxylic acids is 1. The number of benzene rings is 1. The van der Waals surface area contributed by atoms with Gasteiger partial charge in [-0.15, -0.1) is 0 Å². The van der Waals surface area contributed by atoms with Crippen LogP contribution in [0.2, 0.25) is 0 Å². The van der Waals surface area contributed by atoms with Gasteiger partial charge in [0.2, 0.25) is 53.2 Å². The van der Waals surface area contributed by atoms with E-state index in [2.05, 4.69) is 37.2 Å². The number of likely N-dealkylation sites (tertiary alicyclic amines) is 2. The van der Waals surface area contributed by atoms with Crippen LogP contribution in [0, 0.1) is 35.0 Å². The van der Waals surface area contributed by atoms with E-state index < -0.39 is 161 Å². The Balaban J connectivity index is 0.00000654. The molecule has 2 aliphatic heterocycles. The zero-order valence-corrected chi connectivity index (χ0v) is 74.3. The Kier molecular flexibility index (Phi) is 46.7. The number of aliphatic carboxylic acids is 1. The number of alkyl carbamates (subject to hydrolysis) is 1. The maximum absolute atomic E-state index is 14.6. The summed E-state index contributed by atoms with van der Waals surface area (Å²) in [6.07, 6.45) is -4.84. The number of rotatable bonds is 49. The van der Waals surface area contributed by atoms with Gasteiger partial charge in [0.05, 0.1) is 101 Å². The van der Waals surface area contributed by atoms with Crippen LogP contribution in [-0.2, 0) is 102 Å². The fourth-order valence-corrected chi connectivity index (χ4v) is 13.8. The Bertz CT molecular complexity index is 3370. The highest BCUT2D eigenvalue weighted by Gasteiger charge is 2.46. The van der Waals surface area contributed by atoms with Crippen LogP contribution in [0.4, 0.5) is 18.0 Å². The van der Waals surface area contributed by atoms with E-state index in [1.807, 2.05) is 90.9 Å². The first-order chi connectivity index (χ1) is 55.4. The molecule has 0 bridgehead atoms. The zero-order valence-electron chi connectivity index (χ0n) is 74.3. The number of carbonyl (C=O) groups excluding carboxylic acids is 12. The number of nitrogens with zero attached hydrogens (tertiary/aromatic N) is 4. The maximum atomic E-state index is 14.6. The first-order valence-electron chi connectivity index (χ1n) is 41.2. The minimum Gasteiger partial charge on any atom is -0.475 e. The van der Waals surface area contributed by atoms with Gasteiger partial charge in [0, 0.05) is 66.8 Å². The van der Waals surface area contributed by atoms with Gasteiger partial charge in [-0.25, -0.2) is 9.59 Å². The van der Waals surface area contributed by atoms with Crippen LogP contribution in [0.3, 0.4) is 0 Å². The fraction of sp³-hybridized carbons (Fsp3) is 0.771. The second-order valence-corrected chi connectivity index (χ2v) is 34.1. The summed E-state index contributed by atoms with van der Waals surface area (Å²) in [6.45, 7) is 32.5.